The second-order valence-electron chi connectivity index (χ2n) is 5.91. The van der Waals surface area contributed by atoms with Gasteiger partial charge in [-0.25, -0.2) is 9.97 Å². The number of nitriles is 1. The number of hydrogen-bond acceptors (Lipinski definition) is 6. The van der Waals surface area contributed by atoms with Gasteiger partial charge in [-0.05, 0) is 56.3 Å². The summed E-state index contributed by atoms with van der Waals surface area (Å²) in [7, 11) is 0. The summed E-state index contributed by atoms with van der Waals surface area (Å²) in [5.74, 6) is 0.667. The molecule has 1 heterocycles. The molecule has 0 unspecified atom stereocenters. The third-order valence-corrected chi connectivity index (χ3v) is 3.80. The number of hydrogen-bond donors (Lipinski definition) is 2. The van der Waals surface area contributed by atoms with Gasteiger partial charge < -0.3 is 15.4 Å². The summed E-state index contributed by atoms with van der Waals surface area (Å²) in [4.78, 5) is 21.2. The molecule has 0 saturated carbocycles. The quantitative estimate of drug-likeness (QED) is 0.676. The topological polar surface area (TPSA) is 99.9 Å². The second-order valence-corrected chi connectivity index (χ2v) is 5.91. The highest BCUT2D eigenvalue weighted by Crippen LogP contribution is 2.19. The lowest BCUT2D eigenvalue weighted by Crippen LogP contribution is -2.16. The van der Waals surface area contributed by atoms with Crippen molar-refractivity contribution in [2.24, 2.45) is 0 Å². The van der Waals surface area contributed by atoms with Crippen LogP contribution >= 0.6 is 0 Å². The number of carbonyl (C=O) groups excluding carboxylic acids is 1. The minimum Gasteiger partial charge on any atom is -0.494 e. The lowest BCUT2D eigenvalue weighted by atomic mass is 10.2. The van der Waals surface area contributed by atoms with Crippen molar-refractivity contribution in [2.45, 2.75) is 13.8 Å². The molecule has 140 valence electrons. The van der Waals surface area contributed by atoms with Crippen molar-refractivity contribution >= 4 is 23.2 Å². The summed E-state index contributed by atoms with van der Waals surface area (Å²) in [6, 6.07) is 17.8. The fourth-order valence-corrected chi connectivity index (χ4v) is 2.55. The fraction of sp³-hybridized carbons (Fsp3) is 0.143. The van der Waals surface area contributed by atoms with Gasteiger partial charge in [0.2, 0.25) is 5.95 Å². The zero-order valence-electron chi connectivity index (χ0n) is 15.6. The Balaban J connectivity index is 1.79. The maximum Gasteiger partial charge on any atom is 0.274 e. The van der Waals surface area contributed by atoms with Gasteiger partial charge in [-0.1, -0.05) is 12.1 Å². The first-order chi connectivity index (χ1) is 13.6. The largest absolute Gasteiger partial charge is 0.494 e. The van der Waals surface area contributed by atoms with Crippen LogP contribution in [-0.4, -0.2) is 22.5 Å². The molecule has 3 rings (SSSR count). The van der Waals surface area contributed by atoms with Gasteiger partial charge in [0.25, 0.3) is 5.91 Å². The van der Waals surface area contributed by atoms with Crippen LogP contribution in [0, 0.1) is 18.3 Å². The second kappa shape index (κ2) is 8.64. The van der Waals surface area contributed by atoms with Crippen LogP contribution < -0.4 is 15.4 Å². The highest BCUT2D eigenvalue weighted by Gasteiger charge is 2.13. The molecule has 2 N–H and O–H groups in total. The lowest BCUT2D eigenvalue weighted by molar-refractivity contribution is 0.102. The van der Waals surface area contributed by atoms with Crippen LogP contribution in [0.4, 0.5) is 17.3 Å². The third kappa shape index (κ3) is 4.62. The Bertz CT molecular complexity index is 1030. The molecule has 0 radical (unpaired) electrons. The number of ether oxygens (including phenoxy) is 1. The molecule has 2 aromatic carbocycles. The van der Waals surface area contributed by atoms with Gasteiger partial charge in [-0.2, -0.15) is 5.26 Å². The predicted molar refractivity (Wildman–Crippen MR) is 107 cm³/mol. The number of aromatic nitrogens is 2. The smallest absolute Gasteiger partial charge is 0.274 e. The van der Waals surface area contributed by atoms with Crippen molar-refractivity contribution in [2.75, 3.05) is 17.2 Å². The van der Waals surface area contributed by atoms with Crippen molar-refractivity contribution in [3.63, 3.8) is 0 Å². The summed E-state index contributed by atoms with van der Waals surface area (Å²) in [6.07, 6.45) is 0. The van der Waals surface area contributed by atoms with Gasteiger partial charge >= 0.3 is 0 Å². The van der Waals surface area contributed by atoms with E-state index in [0.29, 0.717) is 29.5 Å². The number of benzene rings is 2. The summed E-state index contributed by atoms with van der Waals surface area (Å²) in [5.41, 5.74) is 2.44. The molecule has 3 aromatic rings. The minimum atomic E-state index is -0.414. The highest BCUT2D eigenvalue weighted by molar-refractivity contribution is 6.03. The van der Waals surface area contributed by atoms with E-state index < -0.39 is 5.91 Å². The van der Waals surface area contributed by atoms with E-state index >= 15 is 0 Å². The number of para-hydroxylation sites is 1. The Morgan fingerprint density at radius 3 is 2.61 bits per heavy atom. The van der Waals surface area contributed by atoms with E-state index in [1.807, 2.05) is 31.2 Å². The SMILES string of the molecule is CCOc1ccc(Nc2nc(C)cc(C(=O)Nc3ccccc3C#N)n2)cc1. The minimum absolute atomic E-state index is 0.202. The maximum atomic E-state index is 12.6. The van der Waals surface area contributed by atoms with Crippen molar-refractivity contribution < 1.29 is 9.53 Å². The predicted octanol–water partition coefficient (Wildman–Crippen LogP) is 4.05. The van der Waals surface area contributed by atoms with Crippen LogP contribution in [0.2, 0.25) is 0 Å². The summed E-state index contributed by atoms with van der Waals surface area (Å²) in [6.45, 7) is 4.31. The molecule has 1 amide bonds. The average Bonchev–Trinajstić information content (AvgIpc) is 2.69. The third-order valence-electron chi connectivity index (χ3n) is 3.80. The van der Waals surface area contributed by atoms with E-state index in [1.165, 1.54) is 0 Å². The van der Waals surface area contributed by atoms with Crippen LogP contribution in [0.3, 0.4) is 0 Å². The molecule has 0 aliphatic carbocycles. The van der Waals surface area contributed by atoms with Crippen LogP contribution in [-0.2, 0) is 0 Å². The van der Waals surface area contributed by atoms with E-state index in [0.717, 1.165) is 11.4 Å². The zero-order chi connectivity index (χ0) is 19.9. The highest BCUT2D eigenvalue weighted by atomic mass is 16.5. The summed E-state index contributed by atoms with van der Waals surface area (Å²) in [5, 5.41) is 15.0. The molecule has 0 aliphatic rings. The zero-order valence-corrected chi connectivity index (χ0v) is 15.6. The number of aryl methyl sites for hydroxylation is 1. The van der Waals surface area contributed by atoms with Gasteiger partial charge in [-0.15, -0.1) is 0 Å². The van der Waals surface area contributed by atoms with Gasteiger partial charge in [0.15, 0.2) is 0 Å². The van der Waals surface area contributed by atoms with E-state index in [2.05, 4.69) is 26.7 Å². The molecule has 0 atom stereocenters. The van der Waals surface area contributed by atoms with Crippen molar-refractivity contribution in [3.8, 4) is 11.8 Å². The first-order valence-electron chi connectivity index (χ1n) is 8.75. The average molecular weight is 373 g/mol. The molecule has 7 heteroatoms. The van der Waals surface area contributed by atoms with Crippen molar-refractivity contribution in [3.05, 3.63) is 71.5 Å². The van der Waals surface area contributed by atoms with Crippen LogP contribution in [0.5, 0.6) is 5.75 Å². The Kier molecular flexibility index (Phi) is 5.82. The van der Waals surface area contributed by atoms with Crippen molar-refractivity contribution in [1.29, 1.82) is 5.26 Å². The summed E-state index contributed by atoms with van der Waals surface area (Å²) >= 11 is 0. The Labute approximate surface area is 163 Å². The molecule has 0 bridgehead atoms. The molecule has 0 saturated heterocycles. The van der Waals surface area contributed by atoms with E-state index in [9.17, 15) is 4.79 Å². The molecule has 0 fully saturated rings. The number of anilines is 3. The summed E-state index contributed by atoms with van der Waals surface area (Å²) < 4.78 is 5.42. The number of rotatable bonds is 6. The molecular weight excluding hydrogens is 354 g/mol. The maximum absolute atomic E-state index is 12.6. The molecular formula is C21H19N5O2. The number of nitrogens with zero attached hydrogens (tertiary/aromatic N) is 3. The fourth-order valence-electron chi connectivity index (χ4n) is 2.55. The Morgan fingerprint density at radius 2 is 1.89 bits per heavy atom. The standard InChI is InChI=1S/C21H19N5O2/c1-3-28-17-10-8-16(9-11-17)24-21-23-14(2)12-19(26-21)20(27)25-18-7-5-4-6-15(18)13-22/h4-12H,3H2,1-2H3,(H,25,27)(H,23,24,26). The van der Waals surface area contributed by atoms with E-state index in [-0.39, 0.29) is 5.69 Å². The van der Waals surface area contributed by atoms with Gasteiger partial charge in [-0.3, -0.25) is 4.79 Å². The van der Waals surface area contributed by atoms with Crippen molar-refractivity contribution in [1.82, 2.24) is 9.97 Å². The molecule has 7 nitrogen and oxygen atoms in total. The Hall–Kier alpha value is -3.92. The first kappa shape index (κ1) is 18.9. The molecule has 28 heavy (non-hydrogen) atoms. The first-order valence-corrected chi connectivity index (χ1v) is 8.75. The van der Waals surface area contributed by atoms with E-state index in [1.54, 1.807) is 37.3 Å². The van der Waals surface area contributed by atoms with E-state index in [4.69, 9.17) is 10.00 Å². The number of nitrogens with one attached hydrogen (secondary N) is 2. The lowest BCUT2D eigenvalue weighted by Gasteiger charge is -2.10. The van der Waals surface area contributed by atoms with Crippen LogP contribution in [0.1, 0.15) is 28.7 Å². The molecule has 0 spiro atoms. The van der Waals surface area contributed by atoms with Gasteiger partial charge in [0.05, 0.1) is 17.9 Å². The normalized spacial score (nSPS) is 10.0. The number of amides is 1. The van der Waals surface area contributed by atoms with Crippen LogP contribution in [0.25, 0.3) is 0 Å². The Morgan fingerprint density at radius 1 is 1.14 bits per heavy atom. The van der Waals surface area contributed by atoms with Crippen LogP contribution in [0.15, 0.2) is 54.6 Å². The van der Waals surface area contributed by atoms with Gasteiger partial charge in [0.1, 0.15) is 17.5 Å². The monoisotopic (exact) mass is 373 g/mol. The molecule has 0 aliphatic heterocycles. The van der Waals surface area contributed by atoms with Gasteiger partial charge in [0, 0.05) is 11.4 Å². The molecule has 1 aromatic heterocycles. The number of carbonyl (C=O) groups is 1.